The van der Waals surface area contributed by atoms with Crippen molar-refractivity contribution in [3.63, 3.8) is 0 Å². The van der Waals surface area contributed by atoms with Gasteiger partial charge in [-0.2, -0.15) is 0 Å². The number of carbonyl (C=O) groups excluding carboxylic acids is 3. The van der Waals surface area contributed by atoms with E-state index in [4.69, 9.17) is 4.74 Å². The summed E-state index contributed by atoms with van der Waals surface area (Å²) < 4.78 is 5.41. The number of benzene rings is 2. The maximum absolute atomic E-state index is 12.7. The van der Waals surface area contributed by atoms with Crippen molar-refractivity contribution in [2.75, 3.05) is 26.7 Å². The predicted octanol–water partition coefficient (Wildman–Crippen LogP) is 1.96. The Morgan fingerprint density at radius 3 is 2.15 bits per heavy atom. The molecular weight excluding hydrogens is 426 g/mol. The standard InChI is InChI=1S/C24H27N3O6/c1-3-25-21(28)13-27(2)23(31)20(12-22(29)30)26-24(32)33-14-19-17-10-6-4-8-15(17)16-9-5-7-11-18(16)19/h4-11,19-20H,3,12-14H2,1-2H3,(H,25,28)(H,26,32)(H,29,30). The van der Waals surface area contributed by atoms with Crippen LogP contribution in [0.25, 0.3) is 11.1 Å². The summed E-state index contributed by atoms with van der Waals surface area (Å²) in [6.45, 7) is 1.92. The van der Waals surface area contributed by atoms with Crippen LogP contribution in [-0.2, 0) is 19.1 Å². The first-order valence-electron chi connectivity index (χ1n) is 10.7. The number of hydrogen-bond donors (Lipinski definition) is 3. The molecule has 1 aliphatic carbocycles. The van der Waals surface area contributed by atoms with E-state index < -0.39 is 30.4 Å². The number of fused-ring (bicyclic) bond motifs is 3. The molecule has 3 amide bonds. The number of rotatable bonds is 9. The third kappa shape index (κ3) is 5.68. The monoisotopic (exact) mass is 453 g/mol. The molecule has 2 aromatic rings. The molecule has 3 rings (SSSR count). The fraction of sp³-hybridized carbons (Fsp3) is 0.333. The zero-order chi connectivity index (χ0) is 24.0. The van der Waals surface area contributed by atoms with Crippen LogP contribution < -0.4 is 10.6 Å². The van der Waals surface area contributed by atoms with E-state index in [1.54, 1.807) is 6.92 Å². The van der Waals surface area contributed by atoms with Gasteiger partial charge in [-0.05, 0) is 29.2 Å². The van der Waals surface area contributed by atoms with Crippen LogP contribution in [0, 0.1) is 0 Å². The number of amides is 3. The summed E-state index contributed by atoms with van der Waals surface area (Å²) in [5.41, 5.74) is 4.22. The highest BCUT2D eigenvalue weighted by Crippen LogP contribution is 2.44. The Morgan fingerprint density at radius 2 is 1.61 bits per heavy atom. The predicted molar refractivity (Wildman–Crippen MR) is 121 cm³/mol. The van der Waals surface area contributed by atoms with E-state index in [0.29, 0.717) is 6.54 Å². The first-order chi connectivity index (χ1) is 15.8. The van der Waals surface area contributed by atoms with Gasteiger partial charge in [-0.25, -0.2) is 4.79 Å². The van der Waals surface area contributed by atoms with E-state index in [0.717, 1.165) is 27.2 Å². The molecule has 0 spiro atoms. The van der Waals surface area contributed by atoms with Crippen LogP contribution in [-0.4, -0.2) is 66.7 Å². The van der Waals surface area contributed by atoms with Gasteiger partial charge in [0.05, 0.1) is 13.0 Å². The molecule has 2 aromatic carbocycles. The minimum atomic E-state index is -1.36. The van der Waals surface area contributed by atoms with Crippen molar-refractivity contribution in [3.05, 3.63) is 59.7 Å². The van der Waals surface area contributed by atoms with Gasteiger partial charge in [0.2, 0.25) is 11.8 Å². The average molecular weight is 453 g/mol. The van der Waals surface area contributed by atoms with Gasteiger partial charge in [0.25, 0.3) is 0 Å². The third-order valence-corrected chi connectivity index (χ3v) is 5.44. The molecule has 0 aliphatic heterocycles. The summed E-state index contributed by atoms with van der Waals surface area (Å²) in [5.74, 6) is -2.52. The molecule has 1 aliphatic rings. The lowest BCUT2D eigenvalue weighted by Crippen LogP contribution is -2.50. The van der Waals surface area contributed by atoms with E-state index in [-0.39, 0.29) is 25.0 Å². The number of carboxylic acid groups (broad SMARTS) is 1. The Hall–Kier alpha value is -3.88. The van der Waals surface area contributed by atoms with E-state index in [2.05, 4.69) is 10.6 Å². The number of nitrogens with zero attached hydrogens (tertiary/aromatic N) is 1. The van der Waals surface area contributed by atoms with Gasteiger partial charge in [-0.15, -0.1) is 0 Å². The lowest BCUT2D eigenvalue weighted by atomic mass is 9.98. The largest absolute Gasteiger partial charge is 0.481 e. The molecule has 0 saturated heterocycles. The highest BCUT2D eigenvalue weighted by Gasteiger charge is 2.31. The molecule has 0 saturated carbocycles. The second-order valence-electron chi connectivity index (χ2n) is 7.77. The van der Waals surface area contributed by atoms with Crippen LogP contribution in [0.1, 0.15) is 30.4 Å². The van der Waals surface area contributed by atoms with Gasteiger partial charge < -0.3 is 25.4 Å². The summed E-state index contributed by atoms with van der Waals surface area (Å²) in [5, 5.41) is 14.1. The normalized spacial score (nSPS) is 12.8. The van der Waals surface area contributed by atoms with E-state index in [1.807, 2.05) is 48.5 Å². The van der Waals surface area contributed by atoms with Crippen molar-refractivity contribution in [1.29, 1.82) is 0 Å². The fourth-order valence-corrected chi connectivity index (χ4v) is 3.97. The minimum absolute atomic E-state index is 0.0303. The SMILES string of the molecule is CCNC(=O)CN(C)C(=O)C(CC(=O)O)NC(=O)OCC1c2ccccc2-c2ccccc21. The van der Waals surface area contributed by atoms with Crippen LogP contribution in [0.4, 0.5) is 4.79 Å². The van der Waals surface area contributed by atoms with Crippen molar-refractivity contribution >= 4 is 23.9 Å². The summed E-state index contributed by atoms with van der Waals surface area (Å²) in [4.78, 5) is 49.2. The fourth-order valence-electron chi connectivity index (χ4n) is 3.97. The zero-order valence-corrected chi connectivity index (χ0v) is 18.5. The highest BCUT2D eigenvalue weighted by atomic mass is 16.5. The Bertz CT molecular complexity index is 1010. The number of carboxylic acids is 1. The molecule has 0 aromatic heterocycles. The number of alkyl carbamates (subject to hydrolysis) is 1. The molecule has 0 radical (unpaired) electrons. The summed E-state index contributed by atoms with van der Waals surface area (Å²) in [6, 6.07) is 14.4. The quantitative estimate of drug-likeness (QED) is 0.533. The van der Waals surface area contributed by atoms with Gasteiger partial charge in [0.15, 0.2) is 0 Å². The van der Waals surface area contributed by atoms with Gasteiger partial charge in [-0.1, -0.05) is 48.5 Å². The van der Waals surface area contributed by atoms with Crippen LogP contribution in [0.15, 0.2) is 48.5 Å². The van der Waals surface area contributed by atoms with Crippen molar-refractivity contribution < 1.29 is 29.0 Å². The number of likely N-dealkylation sites (N-methyl/N-ethyl adjacent to an activating group) is 2. The molecule has 174 valence electrons. The third-order valence-electron chi connectivity index (χ3n) is 5.44. The number of ether oxygens (including phenoxy) is 1. The second-order valence-corrected chi connectivity index (χ2v) is 7.77. The Morgan fingerprint density at radius 1 is 1.03 bits per heavy atom. The Labute approximate surface area is 191 Å². The van der Waals surface area contributed by atoms with E-state index in [1.165, 1.54) is 7.05 Å². The summed E-state index contributed by atoms with van der Waals surface area (Å²) >= 11 is 0. The van der Waals surface area contributed by atoms with Gasteiger partial charge >= 0.3 is 12.1 Å². The molecule has 3 N–H and O–H groups in total. The average Bonchev–Trinajstić information content (AvgIpc) is 3.10. The van der Waals surface area contributed by atoms with Crippen molar-refractivity contribution in [2.24, 2.45) is 0 Å². The maximum Gasteiger partial charge on any atom is 0.407 e. The van der Waals surface area contributed by atoms with Crippen molar-refractivity contribution in [3.8, 4) is 11.1 Å². The number of aliphatic carboxylic acids is 1. The molecule has 33 heavy (non-hydrogen) atoms. The van der Waals surface area contributed by atoms with Gasteiger partial charge in [0.1, 0.15) is 12.6 Å². The van der Waals surface area contributed by atoms with Gasteiger partial charge in [0, 0.05) is 19.5 Å². The van der Waals surface area contributed by atoms with Crippen molar-refractivity contribution in [1.82, 2.24) is 15.5 Å². The Kier molecular flexibility index (Phi) is 7.66. The molecule has 9 nitrogen and oxygen atoms in total. The number of hydrogen-bond acceptors (Lipinski definition) is 5. The van der Waals surface area contributed by atoms with Crippen LogP contribution in [0.2, 0.25) is 0 Å². The topological polar surface area (TPSA) is 125 Å². The molecule has 9 heteroatoms. The maximum atomic E-state index is 12.7. The lowest BCUT2D eigenvalue weighted by molar-refractivity contribution is -0.142. The Balaban J connectivity index is 1.66. The molecule has 0 heterocycles. The minimum Gasteiger partial charge on any atom is -0.481 e. The number of carbonyl (C=O) groups is 4. The van der Waals surface area contributed by atoms with Crippen LogP contribution in [0.3, 0.4) is 0 Å². The van der Waals surface area contributed by atoms with Crippen LogP contribution in [0.5, 0.6) is 0 Å². The lowest BCUT2D eigenvalue weighted by Gasteiger charge is -2.23. The molecule has 1 atom stereocenters. The first-order valence-corrected chi connectivity index (χ1v) is 10.7. The molecule has 1 unspecified atom stereocenters. The summed E-state index contributed by atoms with van der Waals surface area (Å²) in [7, 11) is 1.37. The van der Waals surface area contributed by atoms with Gasteiger partial charge in [-0.3, -0.25) is 14.4 Å². The number of nitrogens with one attached hydrogen (secondary N) is 2. The first kappa shape index (κ1) is 23.8. The van der Waals surface area contributed by atoms with E-state index >= 15 is 0 Å². The molecule has 0 bridgehead atoms. The zero-order valence-electron chi connectivity index (χ0n) is 18.5. The summed E-state index contributed by atoms with van der Waals surface area (Å²) in [6.07, 6.45) is -1.54. The smallest absolute Gasteiger partial charge is 0.407 e. The van der Waals surface area contributed by atoms with Crippen molar-refractivity contribution in [2.45, 2.75) is 25.3 Å². The molecule has 0 fully saturated rings. The van der Waals surface area contributed by atoms with Crippen LogP contribution >= 0.6 is 0 Å². The second kappa shape index (κ2) is 10.6. The highest BCUT2D eigenvalue weighted by molar-refractivity contribution is 5.91. The molecular formula is C24H27N3O6. The van der Waals surface area contributed by atoms with E-state index in [9.17, 15) is 24.3 Å².